The fourth-order valence-corrected chi connectivity index (χ4v) is 7.07. The number of aliphatic hydroxyl groups excluding tert-OH is 6. The number of allylic oxidation sites excluding steroid dienone is 18. The van der Waals surface area contributed by atoms with Gasteiger partial charge >= 0.3 is 19.8 Å². The van der Waals surface area contributed by atoms with E-state index < -0.39 is 81.8 Å². The zero-order valence-electron chi connectivity index (χ0n) is 39.0. The third-order valence-corrected chi connectivity index (χ3v) is 10.9. The second kappa shape index (κ2) is 39.2. The largest absolute Gasteiger partial charge is 0.472 e. The molecular formula is C51H79O14P. The van der Waals surface area contributed by atoms with Crippen LogP contribution in [0.15, 0.2) is 122 Å². The van der Waals surface area contributed by atoms with Gasteiger partial charge in [-0.2, -0.15) is 0 Å². The Balaban J connectivity index is 2.59. The Hall–Kier alpha value is -3.79. The molecule has 0 saturated heterocycles. The van der Waals surface area contributed by atoms with Gasteiger partial charge in [0, 0.05) is 12.8 Å². The smallest absolute Gasteiger partial charge is 0.462 e. The van der Waals surface area contributed by atoms with E-state index in [-0.39, 0.29) is 12.8 Å². The Bertz CT molecular complexity index is 1630. The average Bonchev–Trinajstić information content (AvgIpc) is 3.29. The molecule has 7 N–H and O–H groups in total. The monoisotopic (exact) mass is 947 g/mol. The molecule has 1 aliphatic rings. The van der Waals surface area contributed by atoms with E-state index in [1.165, 1.54) is 19.3 Å². The van der Waals surface area contributed by atoms with Gasteiger partial charge < -0.3 is 45.0 Å². The van der Waals surface area contributed by atoms with Crippen LogP contribution in [0.3, 0.4) is 0 Å². The van der Waals surface area contributed by atoms with Crippen LogP contribution in [0.4, 0.5) is 0 Å². The van der Waals surface area contributed by atoms with Crippen LogP contribution < -0.4 is 0 Å². The molecular weight excluding hydrogens is 868 g/mol. The van der Waals surface area contributed by atoms with Crippen LogP contribution in [-0.4, -0.2) is 110 Å². The first-order valence-corrected chi connectivity index (χ1v) is 24.9. The van der Waals surface area contributed by atoms with Crippen molar-refractivity contribution < 1.29 is 68.2 Å². The lowest BCUT2D eigenvalue weighted by Crippen LogP contribution is -2.64. The van der Waals surface area contributed by atoms with Gasteiger partial charge in [0.1, 0.15) is 43.2 Å². The summed E-state index contributed by atoms with van der Waals surface area (Å²) >= 11 is 0. The predicted octanol–water partition coefficient (Wildman–Crippen LogP) is 8.36. The second-order valence-electron chi connectivity index (χ2n) is 15.7. The molecule has 0 spiro atoms. The minimum absolute atomic E-state index is 0.0332. The normalized spacial score (nSPS) is 22.9. The van der Waals surface area contributed by atoms with Gasteiger partial charge in [0.05, 0.1) is 12.7 Å². The number of ether oxygens (including phenoxy) is 2. The minimum atomic E-state index is -5.18. The lowest BCUT2D eigenvalue weighted by atomic mass is 9.85. The lowest BCUT2D eigenvalue weighted by molar-refractivity contribution is -0.220. The minimum Gasteiger partial charge on any atom is -0.462 e. The molecule has 1 saturated carbocycles. The van der Waals surface area contributed by atoms with E-state index in [1.807, 2.05) is 54.7 Å². The molecule has 0 aliphatic heterocycles. The number of carbonyl (C=O) groups excluding carboxylic acids is 2. The Kier molecular flexibility index (Phi) is 35.8. The van der Waals surface area contributed by atoms with Crippen molar-refractivity contribution in [2.75, 3.05) is 13.2 Å². The fraction of sp³-hybridized carbons (Fsp3) is 0.569. The maximum absolute atomic E-state index is 12.8. The van der Waals surface area contributed by atoms with Crippen molar-refractivity contribution in [3.63, 3.8) is 0 Å². The molecule has 0 aromatic heterocycles. The van der Waals surface area contributed by atoms with Crippen molar-refractivity contribution in [3.05, 3.63) is 122 Å². The summed E-state index contributed by atoms with van der Waals surface area (Å²) in [7, 11) is -5.18. The van der Waals surface area contributed by atoms with Gasteiger partial charge in [0.2, 0.25) is 0 Å². The number of aliphatic hydroxyl groups is 6. The van der Waals surface area contributed by atoms with Crippen LogP contribution in [0.25, 0.3) is 0 Å². The number of esters is 2. The number of phosphoric acid groups is 1. The molecule has 14 nitrogen and oxygen atoms in total. The van der Waals surface area contributed by atoms with Gasteiger partial charge in [-0.05, 0) is 83.5 Å². The summed E-state index contributed by atoms with van der Waals surface area (Å²) < 4.78 is 33.3. The Labute approximate surface area is 393 Å². The number of unbranched alkanes of at least 4 members (excludes halogenated alkanes) is 4. The molecule has 1 fully saturated rings. The molecule has 0 amide bonds. The summed E-state index contributed by atoms with van der Waals surface area (Å²) in [6.07, 6.45) is 38.6. The summed E-state index contributed by atoms with van der Waals surface area (Å²) in [6.45, 7) is 2.95. The number of hydrogen-bond acceptors (Lipinski definition) is 13. The third kappa shape index (κ3) is 31.2. The molecule has 15 heteroatoms. The summed E-state index contributed by atoms with van der Waals surface area (Å²) in [5, 5.41) is 60.2. The SMILES string of the molecule is CC/C=C\C/C=C\CC(O)/C=C/C=C\C/C=C\CCCC(=O)OC[C@H](COP(=O)(O)OC1[C@H](O)[C@H](O)C(O)[C@H](O)[C@H]1O)OC(=O)CC/C=C\C/C=C\C/C=C\C/C=C\C/C=C\CCCCC. The molecule has 9 atom stereocenters. The van der Waals surface area contributed by atoms with Crippen LogP contribution >= 0.6 is 7.82 Å². The standard InChI is InChI=1S/C51H79O14P/c1-3-5-7-9-11-12-13-14-15-16-17-18-19-20-21-22-27-31-35-39-45(54)64-43(41-63-66(60,61)65-51-49(58)47(56)46(55)48(57)50(51)59)40-62-44(53)38-34-30-26-24-23-25-29-33-37-42(52)36-32-28-10-8-6-4-2/h6,8,11-12,14-15,17-18,20-21,24-29,31-33,37,42-43,46-52,55-59H,3-5,7,9-10,13,16,19,22-23,30,34-36,38-41H2,1-2H3,(H,60,61)/b8-6-,12-11-,15-14-,18-17-,21-20-,26-24-,29-25-,31-27-,32-28-,37-33+/t42?,43-,46?,47-,48+,49-,50-,51?/m1/s1. The van der Waals surface area contributed by atoms with Crippen molar-refractivity contribution in [1.29, 1.82) is 0 Å². The average molecular weight is 947 g/mol. The van der Waals surface area contributed by atoms with E-state index in [9.17, 15) is 49.7 Å². The Morgan fingerprint density at radius 3 is 1.64 bits per heavy atom. The van der Waals surface area contributed by atoms with Crippen molar-refractivity contribution in [2.24, 2.45) is 0 Å². The van der Waals surface area contributed by atoms with Crippen molar-refractivity contribution in [2.45, 2.75) is 172 Å². The van der Waals surface area contributed by atoms with Crippen molar-refractivity contribution in [1.82, 2.24) is 0 Å². The van der Waals surface area contributed by atoms with Gasteiger partial charge in [0.15, 0.2) is 6.10 Å². The van der Waals surface area contributed by atoms with Crippen LogP contribution in [0.2, 0.25) is 0 Å². The van der Waals surface area contributed by atoms with E-state index in [2.05, 4.69) is 68.5 Å². The van der Waals surface area contributed by atoms with Crippen molar-refractivity contribution in [3.8, 4) is 0 Å². The quantitative estimate of drug-likeness (QED) is 0.0103. The van der Waals surface area contributed by atoms with Gasteiger partial charge in [-0.15, -0.1) is 0 Å². The molecule has 0 aromatic rings. The lowest BCUT2D eigenvalue weighted by Gasteiger charge is -2.41. The maximum Gasteiger partial charge on any atom is 0.472 e. The highest BCUT2D eigenvalue weighted by Gasteiger charge is 2.51. The molecule has 66 heavy (non-hydrogen) atoms. The van der Waals surface area contributed by atoms with Gasteiger partial charge in [0.25, 0.3) is 0 Å². The van der Waals surface area contributed by atoms with Crippen LogP contribution in [0.5, 0.6) is 0 Å². The molecule has 1 rings (SSSR count). The molecule has 0 radical (unpaired) electrons. The van der Waals surface area contributed by atoms with Crippen LogP contribution in [0.1, 0.15) is 123 Å². The van der Waals surface area contributed by atoms with E-state index in [0.29, 0.717) is 38.5 Å². The third-order valence-electron chi connectivity index (χ3n) is 9.88. The molecule has 372 valence electrons. The highest BCUT2D eigenvalue weighted by Crippen LogP contribution is 2.47. The first-order valence-electron chi connectivity index (χ1n) is 23.4. The summed E-state index contributed by atoms with van der Waals surface area (Å²) in [4.78, 5) is 35.7. The highest BCUT2D eigenvalue weighted by molar-refractivity contribution is 7.47. The zero-order valence-corrected chi connectivity index (χ0v) is 39.9. The van der Waals surface area contributed by atoms with E-state index >= 15 is 0 Å². The number of phosphoric ester groups is 1. The van der Waals surface area contributed by atoms with Crippen LogP contribution in [-0.2, 0) is 32.7 Å². The Morgan fingerprint density at radius 1 is 0.561 bits per heavy atom. The molecule has 1 aliphatic carbocycles. The molecule has 4 unspecified atom stereocenters. The zero-order chi connectivity index (χ0) is 48.7. The highest BCUT2D eigenvalue weighted by atomic mass is 31.2. The number of rotatable bonds is 36. The molecule has 0 bridgehead atoms. The first-order chi connectivity index (χ1) is 31.8. The number of carbonyl (C=O) groups is 2. The number of hydrogen-bond donors (Lipinski definition) is 7. The molecule has 0 aromatic carbocycles. The maximum atomic E-state index is 12.8. The van der Waals surface area contributed by atoms with E-state index in [4.69, 9.17) is 18.5 Å². The van der Waals surface area contributed by atoms with Crippen LogP contribution in [0, 0.1) is 0 Å². The van der Waals surface area contributed by atoms with E-state index in [0.717, 1.165) is 38.5 Å². The fourth-order valence-electron chi connectivity index (χ4n) is 6.09. The van der Waals surface area contributed by atoms with Gasteiger partial charge in [-0.25, -0.2) is 4.57 Å². The Morgan fingerprint density at radius 2 is 1.06 bits per heavy atom. The van der Waals surface area contributed by atoms with Gasteiger partial charge in [-0.3, -0.25) is 18.6 Å². The van der Waals surface area contributed by atoms with E-state index in [1.54, 1.807) is 12.2 Å². The second-order valence-corrected chi connectivity index (χ2v) is 17.1. The predicted molar refractivity (Wildman–Crippen MR) is 259 cm³/mol. The first kappa shape index (κ1) is 60.2. The van der Waals surface area contributed by atoms with Crippen molar-refractivity contribution >= 4 is 19.8 Å². The summed E-state index contributed by atoms with van der Waals surface area (Å²) in [6, 6.07) is 0. The van der Waals surface area contributed by atoms with Gasteiger partial charge in [-0.1, -0.05) is 148 Å². The topological polar surface area (TPSA) is 230 Å². The summed E-state index contributed by atoms with van der Waals surface area (Å²) in [5.74, 6) is -1.32. The molecule has 0 heterocycles. The summed E-state index contributed by atoms with van der Waals surface area (Å²) in [5.41, 5.74) is 0.